The monoisotopic (exact) mass is 404 g/mol. The normalized spacial score (nSPS) is 14.3. The molecule has 1 unspecified atom stereocenters. The quantitative estimate of drug-likeness (QED) is 0.508. The number of nitrogens with zero attached hydrogens (tertiary/aromatic N) is 6. The van der Waals surface area contributed by atoms with Crippen LogP contribution in [0, 0.1) is 0 Å². The first-order chi connectivity index (χ1) is 14.2. The first-order valence-corrected chi connectivity index (χ1v) is 10.5. The van der Waals surface area contributed by atoms with Crippen LogP contribution in [0.1, 0.15) is 77.3 Å². The second-order valence-electron chi connectivity index (χ2n) is 9.66. The van der Waals surface area contributed by atoms with Crippen LogP contribution in [-0.4, -0.2) is 30.1 Å². The van der Waals surface area contributed by atoms with Gasteiger partial charge in [0.15, 0.2) is 0 Å². The Morgan fingerprint density at radius 1 is 0.700 bits per heavy atom. The minimum Gasteiger partial charge on any atom is -0.261 e. The van der Waals surface area contributed by atoms with Crippen LogP contribution in [0.3, 0.4) is 0 Å². The van der Waals surface area contributed by atoms with E-state index < -0.39 is 0 Å². The third kappa shape index (κ3) is 5.23. The Balaban J connectivity index is 1.80. The van der Waals surface area contributed by atoms with E-state index in [0.29, 0.717) is 0 Å². The van der Waals surface area contributed by atoms with Gasteiger partial charge < -0.3 is 0 Å². The smallest absolute Gasteiger partial charge is 0.115 e. The molecule has 0 fully saturated rings. The summed E-state index contributed by atoms with van der Waals surface area (Å²) in [7, 11) is 0. The topological polar surface area (TPSA) is 77.3 Å². The summed E-state index contributed by atoms with van der Waals surface area (Å²) in [4.78, 5) is 17.5. The van der Waals surface area contributed by atoms with Crippen LogP contribution in [-0.2, 0) is 16.2 Å². The molecule has 3 aromatic rings. The molecule has 3 aromatic heterocycles. The molecule has 0 bridgehead atoms. The zero-order valence-electron chi connectivity index (χ0n) is 18.7. The Morgan fingerprint density at radius 3 is 2.00 bits per heavy atom. The van der Waals surface area contributed by atoms with Gasteiger partial charge in [0.25, 0.3) is 0 Å². The van der Waals surface area contributed by atoms with Gasteiger partial charge in [-0.3, -0.25) is 9.97 Å². The van der Waals surface area contributed by atoms with Gasteiger partial charge in [0.05, 0.1) is 11.4 Å². The third-order valence-corrected chi connectivity index (χ3v) is 6.39. The third-order valence-electron chi connectivity index (χ3n) is 6.39. The first kappa shape index (κ1) is 21.9. The highest BCUT2D eigenvalue weighted by molar-refractivity contribution is 5.19. The zero-order valence-corrected chi connectivity index (χ0v) is 18.7. The number of rotatable bonds is 9. The Bertz CT molecular complexity index is 855. The van der Waals surface area contributed by atoms with E-state index >= 15 is 0 Å². The highest BCUT2D eigenvalue weighted by Crippen LogP contribution is 2.40. The van der Waals surface area contributed by atoms with Crippen molar-refractivity contribution in [3.63, 3.8) is 0 Å². The predicted molar refractivity (Wildman–Crippen MR) is 118 cm³/mol. The minimum atomic E-state index is -0.0966. The van der Waals surface area contributed by atoms with Crippen LogP contribution in [0.15, 0.2) is 55.6 Å². The molecule has 158 valence electrons. The summed E-state index contributed by atoms with van der Waals surface area (Å²) in [6, 6.07) is 4.02. The van der Waals surface area contributed by atoms with E-state index in [2.05, 4.69) is 70.8 Å². The zero-order chi connectivity index (χ0) is 21.7. The van der Waals surface area contributed by atoms with E-state index in [9.17, 15) is 0 Å². The molecule has 0 N–H and O–H groups in total. The van der Waals surface area contributed by atoms with Crippen molar-refractivity contribution in [2.45, 2.75) is 76.5 Å². The summed E-state index contributed by atoms with van der Waals surface area (Å²) in [5.41, 5.74) is 3.03. The Kier molecular flexibility index (Phi) is 6.54. The molecule has 0 amide bonds. The van der Waals surface area contributed by atoms with Crippen molar-refractivity contribution in [1.82, 2.24) is 30.1 Å². The van der Waals surface area contributed by atoms with Crippen molar-refractivity contribution in [3.05, 3.63) is 72.6 Å². The summed E-state index contributed by atoms with van der Waals surface area (Å²) >= 11 is 0. The lowest BCUT2D eigenvalue weighted by Crippen LogP contribution is -2.31. The maximum absolute atomic E-state index is 4.68. The summed E-state index contributed by atoms with van der Waals surface area (Å²) in [6.07, 6.45) is 16.5. The first-order valence-electron chi connectivity index (χ1n) is 10.5. The molecule has 0 saturated carbocycles. The van der Waals surface area contributed by atoms with Crippen molar-refractivity contribution >= 4 is 0 Å². The van der Waals surface area contributed by atoms with Crippen LogP contribution in [0.25, 0.3) is 0 Å². The van der Waals surface area contributed by atoms with Crippen LogP contribution in [0.5, 0.6) is 0 Å². The molecular weight excluding hydrogens is 372 g/mol. The lowest BCUT2D eigenvalue weighted by Gasteiger charge is -2.36. The molecule has 0 aliphatic heterocycles. The second-order valence-corrected chi connectivity index (χ2v) is 9.66. The van der Waals surface area contributed by atoms with E-state index in [0.717, 1.165) is 42.6 Å². The molecule has 0 aliphatic carbocycles. The van der Waals surface area contributed by atoms with Crippen LogP contribution < -0.4 is 0 Å². The number of hydrogen-bond donors (Lipinski definition) is 0. The van der Waals surface area contributed by atoms with Gasteiger partial charge in [-0.2, -0.15) is 10.2 Å². The predicted octanol–water partition coefficient (Wildman–Crippen LogP) is 4.83. The second kappa shape index (κ2) is 8.94. The van der Waals surface area contributed by atoms with Gasteiger partial charge in [-0.25, -0.2) is 9.97 Å². The van der Waals surface area contributed by atoms with Gasteiger partial charge in [-0.1, -0.05) is 34.6 Å². The lowest BCUT2D eigenvalue weighted by atomic mass is 9.69. The van der Waals surface area contributed by atoms with Gasteiger partial charge in [0, 0.05) is 48.0 Å². The molecule has 6 heteroatoms. The van der Waals surface area contributed by atoms with Crippen molar-refractivity contribution in [1.29, 1.82) is 0 Å². The molecule has 6 nitrogen and oxygen atoms in total. The molecule has 30 heavy (non-hydrogen) atoms. The van der Waals surface area contributed by atoms with E-state index in [1.54, 1.807) is 24.9 Å². The summed E-state index contributed by atoms with van der Waals surface area (Å²) in [5, 5.41) is 8.43. The molecule has 3 heterocycles. The van der Waals surface area contributed by atoms with Crippen molar-refractivity contribution < 1.29 is 0 Å². The summed E-state index contributed by atoms with van der Waals surface area (Å²) in [6.45, 7) is 11.3. The average molecular weight is 405 g/mol. The maximum Gasteiger partial charge on any atom is 0.115 e. The molecule has 3 rings (SSSR count). The molecule has 1 atom stereocenters. The van der Waals surface area contributed by atoms with Crippen LogP contribution >= 0.6 is 0 Å². The van der Waals surface area contributed by atoms with Crippen molar-refractivity contribution in [2.24, 2.45) is 0 Å². The largest absolute Gasteiger partial charge is 0.261 e. The maximum atomic E-state index is 4.68. The Hall–Kier alpha value is -2.76. The highest BCUT2D eigenvalue weighted by Gasteiger charge is 2.35. The fraction of sp³-hybridized carbons (Fsp3) is 0.500. The fourth-order valence-electron chi connectivity index (χ4n) is 3.75. The number of aromatic nitrogens is 6. The van der Waals surface area contributed by atoms with Crippen LogP contribution in [0.2, 0.25) is 0 Å². The Morgan fingerprint density at radius 2 is 1.40 bits per heavy atom. The lowest BCUT2D eigenvalue weighted by molar-refractivity contribution is 0.292. The Labute approximate surface area is 179 Å². The van der Waals surface area contributed by atoms with E-state index in [1.807, 2.05) is 24.7 Å². The minimum absolute atomic E-state index is 0.0227. The summed E-state index contributed by atoms with van der Waals surface area (Å²) < 4.78 is 0. The van der Waals surface area contributed by atoms with Gasteiger partial charge in [0.2, 0.25) is 0 Å². The average Bonchev–Trinajstić information content (AvgIpc) is 2.78. The molecule has 0 aliphatic rings. The van der Waals surface area contributed by atoms with E-state index in [1.165, 1.54) is 0 Å². The molecule has 0 saturated heterocycles. The van der Waals surface area contributed by atoms with E-state index in [4.69, 9.17) is 0 Å². The van der Waals surface area contributed by atoms with Crippen molar-refractivity contribution in [2.75, 3.05) is 0 Å². The van der Waals surface area contributed by atoms with Crippen LogP contribution in [0.4, 0.5) is 0 Å². The molecule has 0 radical (unpaired) electrons. The van der Waals surface area contributed by atoms with E-state index in [-0.39, 0.29) is 16.2 Å². The van der Waals surface area contributed by atoms with Gasteiger partial charge >= 0.3 is 0 Å². The van der Waals surface area contributed by atoms with Gasteiger partial charge in [-0.05, 0) is 48.8 Å². The van der Waals surface area contributed by atoms with Gasteiger partial charge in [0.1, 0.15) is 6.33 Å². The summed E-state index contributed by atoms with van der Waals surface area (Å²) in [5.74, 6) is 0. The van der Waals surface area contributed by atoms with Crippen molar-refractivity contribution in [3.8, 4) is 0 Å². The SMILES string of the molecule is CC(C)(CCC(C)(CCC(C)(C)c1cccnn1)c1cnccn1)c1cncnc1. The fourth-order valence-corrected chi connectivity index (χ4v) is 3.75. The molecule has 0 spiro atoms. The van der Waals surface area contributed by atoms with Gasteiger partial charge in [-0.15, -0.1) is 0 Å². The standard InChI is InChI=1S/C24H32N6/c1-22(2,19-15-26-18-27-16-19)8-10-24(5,21-17-25-13-14-28-21)11-9-23(3,4)20-7-6-12-29-30-20/h6-7,12-18H,8-11H2,1-5H3. The molecule has 0 aromatic carbocycles. The number of hydrogen-bond acceptors (Lipinski definition) is 6. The highest BCUT2D eigenvalue weighted by atomic mass is 15.1. The molecular formula is C24H32N6.